The van der Waals surface area contributed by atoms with E-state index in [4.69, 9.17) is 19.8 Å². The van der Waals surface area contributed by atoms with Crippen LogP contribution in [0.4, 0.5) is 0 Å². The maximum absolute atomic E-state index is 13.3. The van der Waals surface area contributed by atoms with Gasteiger partial charge in [-0.1, -0.05) is 26.5 Å². The molecule has 2 N–H and O–H groups in total. The van der Waals surface area contributed by atoms with Gasteiger partial charge in [0.1, 0.15) is 0 Å². The third kappa shape index (κ3) is 15.4. The molecule has 0 unspecified atom stereocenters. The summed E-state index contributed by atoms with van der Waals surface area (Å²) in [5.41, 5.74) is 11.4. The van der Waals surface area contributed by atoms with E-state index in [9.17, 15) is 49.2 Å². The van der Waals surface area contributed by atoms with Crippen LogP contribution in [0.2, 0.25) is 0 Å². The number of nitrogens with zero attached hydrogens (tertiary/aromatic N) is 5. The Balaban J connectivity index is 0.00000561. The summed E-state index contributed by atoms with van der Waals surface area (Å²) >= 11 is 0. The molecule has 67 heavy (non-hydrogen) atoms. The number of hydrogen-bond donors (Lipinski definition) is 2. The zero-order valence-electron chi connectivity index (χ0n) is 39.8. The minimum Gasteiger partial charge on any atom is -0.548 e. The first-order chi connectivity index (χ1) is 29.7. The van der Waals surface area contributed by atoms with E-state index in [0.29, 0.717) is 78.6 Å². The maximum atomic E-state index is 13.3. The van der Waals surface area contributed by atoms with Gasteiger partial charge >= 0.3 is 118 Å². The molecule has 5 aliphatic heterocycles. The Morgan fingerprint density at radius 2 is 1.16 bits per heavy atom. The SMILES string of the molecule is C=CC1=C(C)C2=CC3=NC(=CC4=NC(=CC5=C(/C=C/NOCC)C(C)(C)C(=CC1=N2)N5)C(C)=C4CCC(=O)N(CC(=O)[O-])CC(=O)[O-])C(CCC(=O)N(CC(=O)[O-])CC(=O)[O-])=C3C.[Na+].[Na+].[Na+].[Na+]. The van der Waals surface area contributed by atoms with Crippen LogP contribution in [-0.4, -0.2) is 95.4 Å². The quantitative estimate of drug-likeness (QED) is 0.0693. The van der Waals surface area contributed by atoms with Crippen LogP contribution in [-0.2, 0) is 33.6 Å². The predicted molar refractivity (Wildman–Crippen MR) is 222 cm³/mol. The second-order valence-electron chi connectivity index (χ2n) is 15.5. The van der Waals surface area contributed by atoms with E-state index in [-0.39, 0.29) is 144 Å². The number of rotatable bonds is 19. The van der Waals surface area contributed by atoms with Gasteiger partial charge in [-0.15, -0.1) is 0 Å². The largest absolute Gasteiger partial charge is 1.00 e. The van der Waals surface area contributed by atoms with Crippen molar-refractivity contribution in [3.63, 3.8) is 0 Å². The van der Waals surface area contributed by atoms with E-state index in [1.807, 2.05) is 45.9 Å². The van der Waals surface area contributed by atoms with Crippen molar-refractivity contribution in [1.82, 2.24) is 20.6 Å². The molecule has 8 bridgehead atoms. The number of allylic oxidation sites excluding steroid dienone is 13. The monoisotopic (exact) mass is 953 g/mol. The number of carboxylic acids is 4. The summed E-state index contributed by atoms with van der Waals surface area (Å²) in [6.45, 7) is 12.1. The maximum Gasteiger partial charge on any atom is 1.00 e. The predicted octanol–water partition coefficient (Wildman–Crippen LogP) is -12.8. The van der Waals surface area contributed by atoms with Gasteiger partial charge in [0.15, 0.2) is 0 Å². The number of amides is 2. The number of hydrogen-bond acceptors (Lipinski definition) is 16. The summed E-state index contributed by atoms with van der Waals surface area (Å²) in [5.74, 6) is -8.16. The average Bonchev–Trinajstić information content (AvgIpc) is 3.84. The fourth-order valence-corrected chi connectivity index (χ4v) is 7.65. The van der Waals surface area contributed by atoms with Gasteiger partial charge in [-0.05, 0) is 104 Å². The second kappa shape index (κ2) is 27.3. The Morgan fingerprint density at radius 1 is 0.687 bits per heavy atom. The molecule has 0 saturated carbocycles. The van der Waals surface area contributed by atoms with Crippen molar-refractivity contribution < 1.29 is 172 Å². The molecule has 5 aliphatic rings. The minimum absolute atomic E-state index is 0. The number of carboxylic acid groups (broad SMARTS) is 4. The van der Waals surface area contributed by atoms with Gasteiger partial charge in [0, 0.05) is 41.4 Å². The van der Waals surface area contributed by atoms with Crippen LogP contribution in [0.15, 0.2) is 132 Å². The third-order valence-electron chi connectivity index (χ3n) is 11.0. The molecule has 332 valence electrons. The standard InChI is InChI=1S/C45H51N7O11.4Na/c1-8-27-24(3)31-16-32-25(4)28(10-12-39(53)51(20-41(55)56)21-42(57)58)34(47-32)18-35-29(11-13-40(54)52(22-43(59)60)23-44(61)62)26(5)33(48-35)17-37-30(14-15-46-63-9-2)45(6,7)38(50-37)19-36(27)49-31;;;;/h8,14-19,46,50H,1,9-13,20-23H2,2-7H3,(H,55,56)(H,57,58)(H,59,60)(H,61,62);;;;/q;4*+1/p-4/b15-14+,31-16?,33-17?,34-18?,38-19?;;;;. The van der Waals surface area contributed by atoms with E-state index < -0.39 is 67.3 Å². The Hall–Kier alpha value is -3.21. The normalized spacial score (nSPS) is 16.7. The van der Waals surface area contributed by atoms with Crippen LogP contribution in [0, 0.1) is 5.41 Å². The number of aliphatic imine (C=N–C) groups is 3. The van der Waals surface area contributed by atoms with Crippen molar-refractivity contribution in [2.24, 2.45) is 20.4 Å². The van der Waals surface area contributed by atoms with Crippen molar-refractivity contribution >= 4 is 52.8 Å². The van der Waals surface area contributed by atoms with E-state index in [0.717, 1.165) is 22.4 Å². The van der Waals surface area contributed by atoms with Crippen LogP contribution in [0.5, 0.6) is 0 Å². The van der Waals surface area contributed by atoms with E-state index in [1.165, 1.54) is 0 Å². The second-order valence-corrected chi connectivity index (χ2v) is 15.5. The van der Waals surface area contributed by atoms with E-state index in [2.05, 4.69) is 17.4 Å². The fraction of sp³-hybridized carbons (Fsp3) is 0.356. The van der Waals surface area contributed by atoms with Crippen molar-refractivity contribution in [1.29, 1.82) is 0 Å². The molecule has 0 spiro atoms. The van der Waals surface area contributed by atoms with Crippen LogP contribution >= 0.6 is 0 Å². The fourth-order valence-electron chi connectivity index (χ4n) is 7.65. The molecule has 0 atom stereocenters. The van der Waals surface area contributed by atoms with Gasteiger partial charge in [0.2, 0.25) is 11.8 Å². The molecule has 0 aromatic rings. The summed E-state index contributed by atoms with van der Waals surface area (Å²) in [7, 11) is 0. The van der Waals surface area contributed by atoms with E-state index >= 15 is 0 Å². The molecule has 0 radical (unpaired) electrons. The molecule has 22 heteroatoms. The molecular formula is C45H47N7Na4O11. The van der Waals surface area contributed by atoms with Gasteiger partial charge in [0.25, 0.3) is 0 Å². The molecule has 2 amide bonds. The number of aliphatic carboxylic acids is 4. The summed E-state index contributed by atoms with van der Waals surface area (Å²) in [6.07, 6.45) is 11.9. The topological polar surface area (TPSA) is 272 Å². The van der Waals surface area contributed by atoms with Crippen LogP contribution < -0.4 is 149 Å². The molecule has 5 heterocycles. The zero-order chi connectivity index (χ0) is 46.3. The van der Waals surface area contributed by atoms with E-state index in [1.54, 1.807) is 38.3 Å². The molecule has 0 fully saturated rings. The summed E-state index contributed by atoms with van der Waals surface area (Å²) < 4.78 is 0. The van der Waals surface area contributed by atoms with Crippen molar-refractivity contribution in [3.05, 3.63) is 117 Å². The summed E-state index contributed by atoms with van der Waals surface area (Å²) in [4.78, 5) is 93.8. The smallest absolute Gasteiger partial charge is 0.548 e. The Kier molecular flexibility index (Phi) is 25.1. The van der Waals surface area contributed by atoms with Crippen molar-refractivity contribution in [2.75, 3.05) is 32.8 Å². The molecule has 0 saturated heterocycles. The van der Waals surface area contributed by atoms with Crippen LogP contribution in [0.3, 0.4) is 0 Å². The Morgan fingerprint density at radius 3 is 1.67 bits per heavy atom. The number of carbonyl (C=O) groups excluding carboxylic acids is 6. The van der Waals surface area contributed by atoms with Crippen LogP contribution in [0.25, 0.3) is 0 Å². The summed E-state index contributed by atoms with van der Waals surface area (Å²) in [5, 5.41) is 49.2. The van der Waals surface area contributed by atoms with Crippen molar-refractivity contribution in [3.8, 4) is 0 Å². The Bertz CT molecular complexity index is 2440. The van der Waals surface area contributed by atoms with Gasteiger partial charge in [-0.2, -0.15) is 0 Å². The molecule has 0 aromatic heterocycles. The molecule has 18 nitrogen and oxygen atoms in total. The first-order valence-corrected chi connectivity index (χ1v) is 20.0. The van der Waals surface area contributed by atoms with Gasteiger partial charge in [-0.3, -0.25) is 19.9 Å². The van der Waals surface area contributed by atoms with Gasteiger partial charge in [-0.25, -0.2) is 15.0 Å². The zero-order valence-corrected chi connectivity index (χ0v) is 47.8. The first kappa shape index (κ1) is 61.8. The minimum atomic E-state index is -1.65. The molecule has 5 rings (SSSR count). The van der Waals surface area contributed by atoms with Crippen molar-refractivity contribution in [2.45, 2.75) is 67.2 Å². The average molecular weight is 954 g/mol. The third-order valence-corrected chi connectivity index (χ3v) is 11.0. The first-order valence-electron chi connectivity index (χ1n) is 20.0. The molecule has 0 aliphatic carbocycles. The van der Waals surface area contributed by atoms with Gasteiger partial charge < -0.3 is 54.7 Å². The molecular weight excluding hydrogens is 906 g/mol. The number of carbonyl (C=O) groups is 6. The number of hydroxylamine groups is 1. The van der Waals surface area contributed by atoms with Crippen LogP contribution in [0.1, 0.15) is 67.2 Å². The number of nitrogens with one attached hydrogen (secondary N) is 2. The Labute approximate surface area is 477 Å². The summed E-state index contributed by atoms with van der Waals surface area (Å²) in [6, 6.07) is 0. The number of fused-ring (bicyclic) bond motifs is 5. The molecule has 0 aromatic carbocycles. The van der Waals surface area contributed by atoms with Gasteiger partial charge in [0.05, 0.1) is 90.9 Å².